The molecule has 1 aliphatic carbocycles. The molecule has 0 radical (unpaired) electrons. The lowest BCUT2D eigenvalue weighted by Crippen LogP contribution is -2.49. The predicted octanol–water partition coefficient (Wildman–Crippen LogP) is 2.80. The first kappa shape index (κ1) is 11.7. The summed E-state index contributed by atoms with van der Waals surface area (Å²) in [5, 5.41) is 2.24. The SMILES string of the molecule is CC1c2ccsc2CCN1CC1(CN)CCC1. The summed E-state index contributed by atoms with van der Waals surface area (Å²) in [4.78, 5) is 4.25. The lowest BCUT2D eigenvalue weighted by Gasteiger charge is -2.47. The number of hydrogen-bond acceptors (Lipinski definition) is 3. The molecule has 0 saturated heterocycles. The summed E-state index contributed by atoms with van der Waals surface area (Å²) in [5.74, 6) is 0. The monoisotopic (exact) mass is 250 g/mol. The highest BCUT2D eigenvalue weighted by atomic mass is 32.1. The Morgan fingerprint density at radius 3 is 3.00 bits per heavy atom. The minimum Gasteiger partial charge on any atom is -0.330 e. The highest BCUT2D eigenvalue weighted by Gasteiger charge is 2.39. The maximum atomic E-state index is 5.98. The smallest absolute Gasteiger partial charge is 0.0331 e. The Bertz CT molecular complexity index is 389. The molecule has 0 amide bonds. The molecule has 1 saturated carbocycles. The molecule has 94 valence electrons. The largest absolute Gasteiger partial charge is 0.330 e. The van der Waals surface area contributed by atoms with E-state index >= 15 is 0 Å². The van der Waals surface area contributed by atoms with Gasteiger partial charge in [0.1, 0.15) is 0 Å². The fraction of sp³-hybridized carbons (Fsp3) is 0.714. The van der Waals surface area contributed by atoms with Crippen LogP contribution in [0.1, 0.15) is 42.7 Å². The van der Waals surface area contributed by atoms with Crippen LogP contribution in [0.5, 0.6) is 0 Å². The molecule has 2 heterocycles. The van der Waals surface area contributed by atoms with Crippen LogP contribution in [-0.2, 0) is 6.42 Å². The van der Waals surface area contributed by atoms with E-state index in [-0.39, 0.29) is 0 Å². The minimum absolute atomic E-state index is 0.446. The first-order chi connectivity index (χ1) is 8.24. The maximum absolute atomic E-state index is 5.98. The maximum Gasteiger partial charge on any atom is 0.0331 e. The zero-order chi connectivity index (χ0) is 11.9. The van der Waals surface area contributed by atoms with Gasteiger partial charge < -0.3 is 5.73 Å². The number of thiophene rings is 1. The van der Waals surface area contributed by atoms with Crippen molar-refractivity contribution in [3.63, 3.8) is 0 Å². The molecule has 0 bridgehead atoms. The van der Waals surface area contributed by atoms with Crippen LogP contribution in [0.3, 0.4) is 0 Å². The number of rotatable bonds is 3. The average molecular weight is 250 g/mol. The van der Waals surface area contributed by atoms with Crippen molar-refractivity contribution in [2.45, 2.75) is 38.6 Å². The molecule has 2 aliphatic rings. The van der Waals surface area contributed by atoms with Crippen molar-refractivity contribution in [2.75, 3.05) is 19.6 Å². The van der Waals surface area contributed by atoms with Crippen molar-refractivity contribution in [1.29, 1.82) is 0 Å². The fourth-order valence-electron chi connectivity index (χ4n) is 3.31. The summed E-state index contributed by atoms with van der Waals surface area (Å²) < 4.78 is 0. The third-order valence-electron chi connectivity index (χ3n) is 4.79. The summed E-state index contributed by atoms with van der Waals surface area (Å²) in [6.07, 6.45) is 5.29. The van der Waals surface area contributed by atoms with Gasteiger partial charge in [-0.1, -0.05) is 6.42 Å². The van der Waals surface area contributed by atoms with Crippen molar-refractivity contribution in [3.05, 3.63) is 21.9 Å². The molecule has 3 heteroatoms. The molecule has 1 unspecified atom stereocenters. The van der Waals surface area contributed by atoms with Crippen LogP contribution in [0.2, 0.25) is 0 Å². The van der Waals surface area contributed by atoms with E-state index in [1.54, 1.807) is 10.4 Å². The first-order valence-electron chi connectivity index (χ1n) is 6.74. The number of nitrogens with zero attached hydrogens (tertiary/aromatic N) is 1. The summed E-state index contributed by atoms with van der Waals surface area (Å²) in [5.41, 5.74) is 7.99. The quantitative estimate of drug-likeness (QED) is 0.894. The summed E-state index contributed by atoms with van der Waals surface area (Å²) in [7, 11) is 0. The molecule has 0 aromatic carbocycles. The summed E-state index contributed by atoms with van der Waals surface area (Å²) in [6.45, 7) is 5.65. The van der Waals surface area contributed by atoms with Gasteiger partial charge in [-0.25, -0.2) is 0 Å². The van der Waals surface area contributed by atoms with Gasteiger partial charge in [0.15, 0.2) is 0 Å². The third-order valence-corrected chi connectivity index (χ3v) is 5.79. The van der Waals surface area contributed by atoms with Crippen molar-refractivity contribution >= 4 is 11.3 Å². The molecule has 1 aliphatic heterocycles. The molecule has 1 fully saturated rings. The molecule has 1 atom stereocenters. The first-order valence-corrected chi connectivity index (χ1v) is 7.62. The molecule has 1 aromatic heterocycles. The van der Waals surface area contributed by atoms with E-state index in [4.69, 9.17) is 5.73 Å². The molecule has 1 aromatic rings. The fourth-order valence-corrected chi connectivity index (χ4v) is 4.27. The van der Waals surface area contributed by atoms with Gasteiger partial charge in [0.2, 0.25) is 0 Å². The highest BCUT2D eigenvalue weighted by molar-refractivity contribution is 7.10. The van der Waals surface area contributed by atoms with E-state index < -0.39 is 0 Å². The lowest BCUT2D eigenvalue weighted by molar-refractivity contribution is 0.0515. The Kier molecular flexibility index (Phi) is 3.01. The number of fused-ring (bicyclic) bond motifs is 1. The second-order valence-electron chi connectivity index (χ2n) is 5.75. The molecule has 0 spiro atoms. The van der Waals surface area contributed by atoms with E-state index in [1.165, 1.54) is 38.8 Å². The van der Waals surface area contributed by atoms with Gasteiger partial charge in [0.05, 0.1) is 0 Å². The van der Waals surface area contributed by atoms with Crippen LogP contribution >= 0.6 is 11.3 Å². The average Bonchev–Trinajstić information content (AvgIpc) is 2.75. The van der Waals surface area contributed by atoms with Crippen LogP contribution in [0.25, 0.3) is 0 Å². The van der Waals surface area contributed by atoms with E-state index in [0.29, 0.717) is 11.5 Å². The topological polar surface area (TPSA) is 29.3 Å². The second-order valence-corrected chi connectivity index (χ2v) is 6.75. The van der Waals surface area contributed by atoms with Crippen LogP contribution in [0.4, 0.5) is 0 Å². The van der Waals surface area contributed by atoms with Crippen molar-refractivity contribution in [3.8, 4) is 0 Å². The summed E-state index contributed by atoms with van der Waals surface area (Å²) in [6, 6.07) is 2.90. The predicted molar refractivity (Wildman–Crippen MR) is 73.3 cm³/mol. The van der Waals surface area contributed by atoms with Crippen LogP contribution in [-0.4, -0.2) is 24.5 Å². The van der Waals surface area contributed by atoms with Gasteiger partial charge in [0, 0.05) is 24.0 Å². The molecule has 2 nitrogen and oxygen atoms in total. The van der Waals surface area contributed by atoms with Gasteiger partial charge in [-0.15, -0.1) is 11.3 Å². The highest BCUT2D eigenvalue weighted by Crippen LogP contribution is 2.43. The molecule has 2 N–H and O–H groups in total. The van der Waals surface area contributed by atoms with Crippen molar-refractivity contribution in [1.82, 2.24) is 4.90 Å². The molecular weight excluding hydrogens is 228 g/mol. The van der Waals surface area contributed by atoms with E-state index in [9.17, 15) is 0 Å². The van der Waals surface area contributed by atoms with Gasteiger partial charge in [0.25, 0.3) is 0 Å². The van der Waals surface area contributed by atoms with Crippen LogP contribution < -0.4 is 5.73 Å². The third kappa shape index (κ3) is 1.94. The molecule has 17 heavy (non-hydrogen) atoms. The van der Waals surface area contributed by atoms with Crippen LogP contribution in [0.15, 0.2) is 11.4 Å². The molecule has 3 rings (SSSR count). The van der Waals surface area contributed by atoms with Gasteiger partial charge in [-0.05, 0) is 55.2 Å². The van der Waals surface area contributed by atoms with Gasteiger partial charge in [-0.2, -0.15) is 0 Å². The Morgan fingerprint density at radius 1 is 1.53 bits per heavy atom. The molecular formula is C14H22N2S. The van der Waals surface area contributed by atoms with E-state index in [2.05, 4.69) is 23.3 Å². The minimum atomic E-state index is 0.446. The lowest BCUT2D eigenvalue weighted by atomic mass is 9.68. The van der Waals surface area contributed by atoms with Crippen molar-refractivity contribution < 1.29 is 0 Å². The number of nitrogens with two attached hydrogens (primary N) is 1. The van der Waals surface area contributed by atoms with Gasteiger partial charge >= 0.3 is 0 Å². The van der Waals surface area contributed by atoms with Crippen LogP contribution in [0, 0.1) is 5.41 Å². The van der Waals surface area contributed by atoms with E-state index in [0.717, 1.165) is 6.54 Å². The van der Waals surface area contributed by atoms with Crippen molar-refractivity contribution in [2.24, 2.45) is 11.1 Å². The number of hydrogen-bond donors (Lipinski definition) is 1. The Labute approximate surface area is 108 Å². The summed E-state index contributed by atoms with van der Waals surface area (Å²) >= 11 is 1.92. The zero-order valence-electron chi connectivity index (χ0n) is 10.6. The zero-order valence-corrected chi connectivity index (χ0v) is 11.4. The Balaban J connectivity index is 1.73. The standard InChI is InChI=1S/C14H22N2S/c1-11-12-4-8-17-13(12)3-7-16(11)10-14(9-15)5-2-6-14/h4,8,11H,2-3,5-7,9-10,15H2,1H3. The van der Waals surface area contributed by atoms with E-state index in [1.807, 2.05) is 11.3 Å². The Morgan fingerprint density at radius 2 is 2.35 bits per heavy atom. The second kappa shape index (κ2) is 4.38. The Hall–Kier alpha value is -0.380. The normalized spacial score (nSPS) is 27.5. The van der Waals surface area contributed by atoms with Gasteiger partial charge in [-0.3, -0.25) is 4.90 Å².